The molecule has 3 nitrogen and oxygen atoms in total. The van der Waals surface area contributed by atoms with Gasteiger partial charge in [-0.05, 0) is 30.7 Å². The van der Waals surface area contributed by atoms with Gasteiger partial charge < -0.3 is 10.4 Å². The van der Waals surface area contributed by atoms with Crippen molar-refractivity contribution < 1.29 is 9.90 Å². The van der Waals surface area contributed by atoms with Crippen LogP contribution in [0.25, 0.3) is 0 Å². The van der Waals surface area contributed by atoms with E-state index in [9.17, 15) is 9.90 Å². The summed E-state index contributed by atoms with van der Waals surface area (Å²) in [6.07, 6.45) is 5.23. The number of hydrogen-bond donors (Lipinski definition) is 2. The van der Waals surface area contributed by atoms with E-state index in [2.05, 4.69) is 12.2 Å². The molecule has 0 saturated heterocycles. The fraction of sp³-hybridized carbons (Fsp3) is 0.562. The quantitative estimate of drug-likeness (QED) is 0.857. The molecule has 0 aromatic heterocycles. The molecule has 1 aliphatic carbocycles. The molecule has 2 rings (SSSR count). The Kier molecular flexibility index (Phi) is 4.97. The summed E-state index contributed by atoms with van der Waals surface area (Å²) in [5.74, 6) is -0.0421. The second kappa shape index (κ2) is 6.71. The highest BCUT2D eigenvalue weighted by Gasteiger charge is 2.25. The minimum absolute atomic E-state index is 0.355. The summed E-state index contributed by atoms with van der Waals surface area (Å²) in [6.45, 7) is 2.25. The molecular formula is C16H23NO2. The largest absolute Gasteiger partial charge is 0.480 e. The molecule has 19 heavy (non-hydrogen) atoms. The van der Waals surface area contributed by atoms with Crippen LogP contribution in [0.4, 0.5) is 0 Å². The van der Waals surface area contributed by atoms with Crippen molar-refractivity contribution in [2.45, 2.75) is 51.1 Å². The summed E-state index contributed by atoms with van der Waals surface area (Å²) < 4.78 is 0. The van der Waals surface area contributed by atoms with E-state index >= 15 is 0 Å². The van der Waals surface area contributed by atoms with Crippen LogP contribution >= 0.6 is 0 Å². The third kappa shape index (κ3) is 4.35. The van der Waals surface area contributed by atoms with E-state index in [1.54, 1.807) is 0 Å². The highest BCUT2D eigenvalue weighted by molar-refractivity contribution is 5.74. The van der Waals surface area contributed by atoms with Gasteiger partial charge in [0.1, 0.15) is 6.04 Å². The van der Waals surface area contributed by atoms with E-state index in [1.807, 2.05) is 30.3 Å². The summed E-state index contributed by atoms with van der Waals surface area (Å²) in [5, 5.41) is 12.7. The van der Waals surface area contributed by atoms with Crippen LogP contribution in [0.1, 0.15) is 38.2 Å². The number of carboxylic acid groups (broad SMARTS) is 1. The van der Waals surface area contributed by atoms with Crippen LogP contribution in [0, 0.1) is 5.92 Å². The monoisotopic (exact) mass is 261 g/mol. The molecular weight excluding hydrogens is 238 g/mol. The van der Waals surface area contributed by atoms with Crippen LogP contribution in [0.2, 0.25) is 0 Å². The molecule has 104 valence electrons. The maximum absolute atomic E-state index is 11.4. The van der Waals surface area contributed by atoms with Gasteiger partial charge in [-0.15, -0.1) is 0 Å². The highest BCUT2D eigenvalue weighted by Crippen LogP contribution is 2.24. The average molecular weight is 261 g/mol. The first-order valence-corrected chi connectivity index (χ1v) is 7.18. The molecule has 0 amide bonds. The normalized spacial score (nSPS) is 24.9. The lowest BCUT2D eigenvalue weighted by atomic mass is 9.86. The third-order valence-electron chi connectivity index (χ3n) is 3.95. The average Bonchev–Trinajstić information content (AvgIpc) is 2.39. The molecule has 1 saturated carbocycles. The lowest BCUT2D eigenvalue weighted by Crippen LogP contribution is -2.46. The second-order valence-corrected chi connectivity index (χ2v) is 5.72. The third-order valence-corrected chi connectivity index (χ3v) is 3.95. The predicted molar refractivity (Wildman–Crippen MR) is 76.1 cm³/mol. The Morgan fingerprint density at radius 1 is 1.37 bits per heavy atom. The van der Waals surface area contributed by atoms with Crippen molar-refractivity contribution in [1.82, 2.24) is 5.32 Å². The highest BCUT2D eigenvalue weighted by atomic mass is 16.4. The summed E-state index contributed by atoms with van der Waals surface area (Å²) in [6, 6.07) is 9.72. The zero-order valence-corrected chi connectivity index (χ0v) is 11.5. The molecule has 2 unspecified atom stereocenters. The molecule has 0 radical (unpaired) electrons. The summed E-state index contributed by atoms with van der Waals surface area (Å²) in [5.41, 5.74) is 1.08. The number of carboxylic acids is 1. The zero-order chi connectivity index (χ0) is 13.7. The molecule has 1 aromatic carbocycles. The van der Waals surface area contributed by atoms with Gasteiger partial charge in [-0.2, -0.15) is 0 Å². The van der Waals surface area contributed by atoms with Crippen LogP contribution in [0.5, 0.6) is 0 Å². The van der Waals surface area contributed by atoms with Crippen LogP contribution < -0.4 is 5.32 Å². The van der Waals surface area contributed by atoms with E-state index < -0.39 is 12.0 Å². The number of rotatable bonds is 5. The number of carbonyl (C=O) groups is 1. The lowest BCUT2D eigenvalue weighted by molar-refractivity contribution is -0.139. The van der Waals surface area contributed by atoms with Crippen molar-refractivity contribution in [3.05, 3.63) is 35.9 Å². The van der Waals surface area contributed by atoms with Gasteiger partial charge in [0.25, 0.3) is 0 Å². The van der Waals surface area contributed by atoms with Gasteiger partial charge in [0, 0.05) is 6.04 Å². The van der Waals surface area contributed by atoms with E-state index in [-0.39, 0.29) is 0 Å². The van der Waals surface area contributed by atoms with Crippen molar-refractivity contribution in [2.24, 2.45) is 5.92 Å². The van der Waals surface area contributed by atoms with Gasteiger partial charge >= 0.3 is 5.97 Å². The Morgan fingerprint density at radius 2 is 2.11 bits per heavy atom. The Bertz CT molecular complexity index is 404. The number of aliphatic carboxylic acids is 1. The summed E-state index contributed by atoms with van der Waals surface area (Å²) >= 11 is 0. The second-order valence-electron chi connectivity index (χ2n) is 5.72. The minimum Gasteiger partial charge on any atom is -0.480 e. The molecule has 0 bridgehead atoms. The van der Waals surface area contributed by atoms with E-state index in [0.29, 0.717) is 18.4 Å². The predicted octanol–water partition coefficient (Wildman–Crippen LogP) is 2.85. The van der Waals surface area contributed by atoms with Crippen LogP contribution in [-0.2, 0) is 11.2 Å². The van der Waals surface area contributed by atoms with Crippen molar-refractivity contribution in [3.63, 3.8) is 0 Å². The topological polar surface area (TPSA) is 49.3 Å². The SMILES string of the molecule is CC1CCCC(N[C@@H](Cc2ccccc2)C(=O)O)C1. The van der Waals surface area contributed by atoms with Gasteiger partial charge in [-0.25, -0.2) is 0 Å². The molecule has 3 heteroatoms. The number of benzene rings is 1. The van der Waals surface area contributed by atoms with Crippen LogP contribution in [-0.4, -0.2) is 23.2 Å². The number of nitrogens with one attached hydrogen (secondary N) is 1. The standard InChI is InChI=1S/C16H23NO2/c1-12-6-5-9-14(10-12)17-15(16(18)19)11-13-7-3-2-4-8-13/h2-4,7-8,12,14-15,17H,5-6,9-11H2,1H3,(H,18,19)/t12?,14?,15-/m0/s1. The van der Waals surface area contributed by atoms with Crippen LogP contribution in [0.15, 0.2) is 30.3 Å². The van der Waals surface area contributed by atoms with Crippen molar-refractivity contribution in [1.29, 1.82) is 0 Å². The first-order chi connectivity index (χ1) is 9.15. The summed E-state index contributed by atoms with van der Waals surface area (Å²) in [4.78, 5) is 11.4. The summed E-state index contributed by atoms with van der Waals surface area (Å²) in [7, 11) is 0. The Labute approximate surface area is 115 Å². The maximum Gasteiger partial charge on any atom is 0.321 e. The fourth-order valence-electron chi connectivity index (χ4n) is 2.94. The molecule has 1 aliphatic rings. The maximum atomic E-state index is 11.4. The number of hydrogen-bond acceptors (Lipinski definition) is 2. The molecule has 1 aromatic rings. The van der Waals surface area contributed by atoms with Crippen molar-refractivity contribution in [2.75, 3.05) is 0 Å². The van der Waals surface area contributed by atoms with E-state index in [4.69, 9.17) is 0 Å². The van der Waals surface area contributed by atoms with E-state index in [1.165, 1.54) is 12.8 Å². The lowest BCUT2D eigenvalue weighted by Gasteiger charge is -2.30. The molecule has 0 aliphatic heterocycles. The molecule has 2 N–H and O–H groups in total. The van der Waals surface area contributed by atoms with Crippen molar-refractivity contribution in [3.8, 4) is 0 Å². The van der Waals surface area contributed by atoms with Gasteiger partial charge in [0.2, 0.25) is 0 Å². The van der Waals surface area contributed by atoms with Crippen molar-refractivity contribution >= 4 is 5.97 Å². The van der Waals surface area contributed by atoms with E-state index in [0.717, 1.165) is 18.4 Å². The molecule has 1 fully saturated rings. The fourth-order valence-corrected chi connectivity index (χ4v) is 2.94. The molecule has 0 heterocycles. The molecule has 3 atom stereocenters. The van der Waals surface area contributed by atoms with Gasteiger partial charge in [0.15, 0.2) is 0 Å². The smallest absolute Gasteiger partial charge is 0.321 e. The zero-order valence-electron chi connectivity index (χ0n) is 11.5. The van der Waals surface area contributed by atoms with Gasteiger partial charge in [0.05, 0.1) is 0 Å². The van der Waals surface area contributed by atoms with Gasteiger partial charge in [-0.3, -0.25) is 4.79 Å². The van der Waals surface area contributed by atoms with Crippen LogP contribution in [0.3, 0.4) is 0 Å². The first-order valence-electron chi connectivity index (χ1n) is 7.18. The Balaban J connectivity index is 1.94. The molecule has 0 spiro atoms. The Morgan fingerprint density at radius 3 is 2.74 bits per heavy atom. The first kappa shape index (κ1) is 14.1. The Hall–Kier alpha value is -1.35. The minimum atomic E-state index is -0.748. The van der Waals surface area contributed by atoms with Gasteiger partial charge in [-0.1, -0.05) is 50.1 Å².